The maximum Gasteiger partial charge on any atom is 0.311 e. The van der Waals surface area contributed by atoms with Crippen LogP contribution >= 0.6 is 0 Å². The lowest BCUT2D eigenvalue weighted by atomic mass is 9.87. The molecule has 0 amide bonds. The van der Waals surface area contributed by atoms with Gasteiger partial charge in [-0.2, -0.15) is 10.1 Å². The maximum absolute atomic E-state index is 12.9. The fourth-order valence-corrected chi connectivity index (χ4v) is 5.03. The summed E-state index contributed by atoms with van der Waals surface area (Å²) >= 11 is 0. The van der Waals surface area contributed by atoms with Gasteiger partial charge in [0.2, 0.25) is 0 Å². The molecule has 3 atom stereocenters. The minimum absolute atomic E-state index is 0.0289. The normalized spacial score (nSPS) is 30.8. The Hall–Kier alpha value is -1.22. The summed E-state index contributed by atoms with van der Waals surface area (Å²) in [5.74, 6) is -1.76. The van der Waals surface area contributed by atoms with Gasteiger partial charge in [-0.25, -0.2) is 0 Å². The zero-order valence-electron chi connectivity index (χ0n) is 20.0. The first-order valence-corrected chi connectivity index (χ1v) is 10.8. The first kappa shape index (κ1) is 25.0. The number of rotatable bonds is 6. The molecule has 0 aliphatic carbocycles. The monoisotopic (exact) mass is 428 g/mol. The maximum atomic E-state index is 12.9. The van der Waals surface area contributed by atoms with Crippen LogP contribution in [0.5, 0.6) is 0 Å². The quantitative estimate of drug-likeness (QED) is 0.621. The van der Waals surface area contributed by atoms with E-state index in [0.29, 0.717) is 19.3 Å². The highest BCUT2D eigenvalue weighted by atomic mass is 16.6. The number of hydrogen-bond donors (Lipinski definition) is 2. The molecule has 0 aromatic carbocycles. The summed E-state index contributed by atoms with van der Waals surface area (Å²) in [6.07, 6.45) is 0.896. The van der Waals surface area contributed by atoms with Crippen LogP contribution in [0.4, 0.5) is 0 Å². The molecule has 30 heavy (non-hydrogen) atoms. The van der Waals surface area contributed by atoms with Crippen LogP contribution in [0.3, 0.4) is 0 Å². The van der Waals surface area contributed by atoms with E-state index < -0.39 is 52.0 Å². The Kier molecular flexibility index (Phi) is 6.71. The molecular weight excluding hydrogens is 388 g/mol. The standard InChI is InChI=1S/C22H40N2O6/c1-10-14(30-18(26)16-12-20(4,5)24(28)22(16,8)9)13-29-17(25)15-11-19(2,3)23(27)21(15,6)7/h14-16,27-28H,10-13H2,1-9H3. The Morgan fingerprint density at radius 2 is 1.27 bits per heavy atom. The molecule has 8 heteroatoms. The van der Waals surface area contributed by atoms with Gasteiger partial charge in [0.25, 0.3) is 0 Å². The Morgan fingerprint density at radius 1 is 0.867 bits per heavy atom. The zero-order chi connectivity index (χ0) is 23.3. The highest BCUT2D eigenvalue weighted by Gasteiger charge is 2.56. The highest BCUT2D eigenvalue weighted by molar-refractivity contribution is 5.76. The van der Waals surface area contributed by atoms with Crippen LogP contribution in [0, 0.1) is 11.8 Å². The third-order valence-electron chi connectivity index (χ3n) is 7.07. The average molecular weight is 429 g/mol. The second-order valence-electron chi connectivity index (χ2n) is 11.2. The SMILES string of the molecule is CCC(COC(=O)C1CC(C)(C)N(O)C1(C)C)OC(=O)C1CC(C)(C)N(O)C1(C)C. The molecule has 8 nitrogen and oxygen atoms in total. The Bertz CT molecular complexity index is 673. The van der Waals surface area contributed by atoms with E-state index in [4.69, 9.17) is 9.47 Å². The lowest BCUT2D eigenvalue weighted by Gasteiger charge is -2.35. The van der Waals surface area contributed by atoms with Crippen molar-refractivity contribution in [1.29, 1.82) is 0 Å². The summed E-state index contributed by atoms with van der Waals surface area (Å²) in [6.45, 7) is 16.6. The smallest absolute Gasteiger partial charge is 0.311 e. The molecule has 0 radical (unpaired) electrons. The van der Waals surface area contributed by atoms with Gasteiger partial charge in [-0.1, -0.05) is 6.92 Å². The Morgan fingerprint density at radius 3 is 1.60 bits per heavy atom. The van der Waals surface area contributed by atoms with Crippen molar-refractivity contribution >= 4 is 11.9 Å². The molecule has 2 saturated heterocycles. The van der Waals surface area contributed by atoms with Gasteiger partial charge in [0.15, 0.2) is 0 Å². The summed E-state index contributed by atoms with van der Waals surface area (Å²) in [7, 11) is 0. The molecule has 3 unspecified atom stereocenters. The van der Waals surface area contributed by atoms with Crippen LogP contribution < -0.4 is 0 Å². The second kappa shape index (κ2) is 8.04. The van der Waals surface area contributed by atoms with Crippen molar-refractivity contribution in [3.8, 4) is 0 Å². The Balaban J connectivity index is 1.98. The molecule has 0 aromatic rings. The molecule has 174 valence electrons. The molecule has 0 bridgehead atoms. The summed E-state index contributed by atoms with van der Waals surface area (Å²) < 4.78 is 11.2. The third-order valence-corrected chi connectivity index (χ3v) is 7.07. The van der Waals surface area contributed by atoms with E-state index in [2.05, 4.69) is 0 Å². The largest absolute Gasteiger partial charge is 0.461 e. The van der Waals surface area contributed by atoms with Crippen molar-refractivity contribution in [3.05, 3.63) is 0 Å². The van der Waals surface area contributed by atoms with Crippen molar-refractivity contribution in [2.24, 2.45) is 11.8 Å². The third kappa shape index (κ3) is 4.38. The molecule has 2 fully saturated rings. The van der Waals surface area contributed by atoms with Gasteiger partial charge < -0.3 is 19.9 Å². The molecule has 2 aliphatic heterocycles. The molecule has 2 rings (SSSR count). The number of hydroxylamine groups is 4. The van der Waals surface area contributed by atoms with E-state index >= 15 is 0 Å². The van der Waals surface area contributed by atoms with Crippen LogP contribution in [0.15, 0.2) is 0 Å². The van der Waals surface area contributed by atoms with E-state index in [9.17, 15) is 20.0 Å². The molecule has 0 saturated carbocycles. The van der Waals surface area contributed by atoms with Crippen LogP contribution in [0.25, 0.3) is 0 Å². The first-order valence-electron chi connectivity index (χ1n) is 10.8. The molecule has 0 aromatic heterocycles. The van der Waals surface area contributed by atoms with Crippen molar-refractivity contribution in [2.75, 3.05) is 6.61 Å². The summed E-state index contributed by atoms with van der Waals surface area (Å²) in [4.78, 5) is 25.6. The van der Waals surface area contributed by atoms with Gasteiger partial charge in [-0.15, -0.1) is 0 Å². The number of esters is 2. The van der Waals surface area contributed by atoms with Crippen molar-refractivity contribution in [2.45, 2.75) is 110 Å². The minimum atomic E-state index is -0.750. The van der Waals surface area contributed by atoms with Gasteiger partial charge in [-0.05, 0) is 74.7 Å². The number of hydrogen-bond acceptors (Lipinski definition) is 8. The number of carbonyl (C=O) groups excluding carboxylic acids is 2. The van der Waals surface area contributed by atoms with E-state index in [-0.39, 0.29) is 6.61 Å². The number of nitrogens with zero attached hydrogens (tertiary/aromatic N) is 2. The summed E-state index contributed by atoms with van der Waals surface area (Å²) in [5.41, 5.74) is -2.55. The van der Waals surface area contributed by atoms with Crippen molar-refractivity contribution in [3.63, 3.8) is 0 Å². The van der Waals surface area contributed by atoms with Gasteiger partial charge >= 0.3 is 11.9 Å². The molecule has 0 spiro atoms. The minimum Gasteiger partial charge on any atom is -0.461 e. The fourth-order valence-electron chi connectivity index (χ4n) is 5.03. The molecule has 2 aliphatic rings. The van der Waals surface area contributed by atoms with Crippen LogP contribution in [-0.2, 0) is 19.1 Å². The first-order chi connectivity index (χ1) is 13.5. The van der Waals surface area contributed by atoms with Gasteiger partial charge in [0.05, 0.1) is 22.9 Å². The molecular formula is C22H40N2O6. The van der Waals surface area contributed by atoms with Gasteiger partial charge in [-0.3, -0.25) is 9.59 Å². The highest BCUT2D eigenvalue weighted by Crippen LogP contribution is 2.45. The van der Waals surface area contributed by atoms with Gasteiger partial charge in [0.1, 0.15) is 12.7 Å². The predicted molar refractivity (Wildman–Crippen MR) is 111 cm³/mol. The average Bonchev–Trinajstić information content (AvgIpc) is 2.91. The van der Waals surface area contributed by atoms with Crippen molar-refractivity contribution in [1.82, 2.24) is 10.1 Å². The fraction of sp³-hybridized carbons (Fsp3) is 0.909. The van der Waals surface area contributed by atoms with E-state index in [1.807, 2.05) is 62.3 Å². The van der Waals surface area contributed by atoms with Crippen LogP contribution in [-0.4, -0.2) is 67.3 Å². The second-order valence-corrected chi connectivity index (χ2v) is 11.2. The molecule has 2 N–H and O–H groups in total. The summed E-state index contributed by atoms with van der Waals surface area (Å²) in [6, 6.07) is 0. The van der Waals surface area contributed by atoms with Crippen LogP contribution in [0.2, 0.25) is 0 Å². The van der Waals surface area contributed by atoms with Gasteiger partial charge in [0, 0.05) is 11.1 Å². The lowest BCUT2D eigenvalue weighted by molar-refractivity contribution is -0.202. The van der Waals surface area contributed by atoms with E-state index in [1.165, 1.54) is 10.1 Å². The molecule has 2 heterocycles. The van der Waals surface area contributed by atoms with E-state index in [1.54, 1.807) is 0 Å². The van der Waals surface area contributed by atoms with Crippen LogP contribution in [0.1, 0.15) is 81.6 Å². The zero-order valence-corrected chi connectivity index (χ0v) is 20.0. The Labute approximate surface area is 180 Å². The topological polar surface area (TPSA) is 99.5 Å². The van der Waals surface area contributed by atoms with E-state index in [0.717, 1.165) is 0 Å². The summed E-state index contributed by atoms with van der Waals surface area (Å²) in [5, 5.41) is 23.3. The van der Waals surface area contributed by atoms with Crippen molar-refractivity contribution < 1.29 is 29.5 Å². The number of carbonyl (C=O) groups is 2. The predicted octanol–water partition coefficient (Wildman–Crippen LogP) is 3.39. The number of ether oxygens (including phenoxy) is 2. The lowest BCUT2D eigenvalue weighted by Crippen LogP contribution is -2.49.